The van der Waals surface area contributed by atoms with Crippen molar-refractivity contribution in [3.63, 3.8) is 0 Å². The molecule has 3 nitrogen and oxygen atoms in total. The molecule has 0 unspecified atom stereocenters. The van der Waals surface area contributed by atoms with Crippen LogP contribution in [0.5, 0.6) is 0 Å². The summed E-state index contributed by atoms with van der Waals surface area (Å²) in [4.78, 5) is 4.11. The third-order valence-corrected chi connectivity index (χ3v) is 3.02. The van der Waals surface area contributed by atoms with Crippen molar-refractivity contribution in [1.29, 1.82) is 0 Å². The van der Waals surface area contributed by atoms with Gasteiger partial charge in [0.2, 0.25) is 0 Å². The zero-order chi connectivity index (χ0) is 13.1. The van der Waals surface area contributed by atoms with Gasteiger partial charge in [-0.1, -0.05) is 54.6 Å². The van der Waals surface area contributed by atoms with Gasteiger partial charge in [-0.25, -0.2) is 0 Å². The molecule has 2 N–H and O–H groups in total. The molecule has 0 aliphatic rings. The highest BCUT2D eigenvalue weighted by Crippen LogP contribution is 2.20. The van der Waals surface area contributed by atoms with Crippen molar-refractivity contribution in [2.75, 3.05) is 5.73 Å². The monoisotopic (exact) mass is 250 g/mol. The maximum Gasteiger partial charge on any atom is 0.292 e. The number of nitrogens with zero attached hydrogens (tertiary/aromatic N) is 1. The van der Waals surface area contributed by atoms with Gasteiger partial charge in [0.15, 0.2) is 0 Å². The molecule has 19 heavy (non-hydrogen) atoms. The van der Waals surface area contributed by atoms with E-state index in [4.69, 9.17) is 10.2 Å². The van der Waals surface area contributed by atoms with Gasteiger partial charge in [-0.15, -0.1) is 0 Å². The summed E-state index contributed by atoms with van der Waals surface area (Å²) in [6.07, 6.45) is 2.50. The summed E-state index contributed by atoms with van der Waals surface area (Å²) in [5.41, 5.74) is 9.83. The standard InChI is InChI=1S/C16H14N2O/c17-16-18-15(11-19-16)14-8-6-13(7-9-14)10-12-4-2-1-3-5-12/h1-9,11H,10H2,(H2,17,18). The van der Waals surface area contributed by atoms with Crippen molar-refractivity contribution in [2.45, 2.75) is 6.42 Å². The van der Waals surface area contributed by atoms with E-state index < -0.39 is 0 Å². The smallest absolute Gasteiger partial charge is 0.292 e. The summed E-state index contributed by atoms with van der Waals surface area (Å²) in [5, 5.41) is 0. The predicted molar refractivity (Wildman–Crippen MR) is 75.6 cm³/mol. The Morgan fingerprint density at radius 1 is 0.895 bits per heavy atom. The maximum atomic E-state index is 5.47. The SMILES string of the molecule is Nc1nc(-c2ccc(Cc3ccccc3)cc2)co1. The van der Waals surface area contributed by atoms with Crippen LogP contribution in [-0.2, 0) is 6.42 Å². The van der Waals surface area contributed by atoms with E-state index in [1.165, 1.54) is 11.1 Å². The first-order valence-electron chi connectivity index (χ1n) is 6.15. The van der Waals surface area contributed by atoms with E-state index in [0.717, 1.165) is 17.7 Å². The van der Waals surface area contributed by atoms with Crippen LogP contribution in [0.25, 0.3) is 11.3 Å². The molecule has 0 aliphatic heterocycles. The lowest BCUT2D eigenvalue weighted by Crippen LogP contribution is -1.88. The molecule has 2 aromatic carbocycles. The molecule has 94 valence electrons. The fraction of sp³-hybridized carbons (Fsp3) is 0.0625. The Balaban J connectivity index is 1.79. The summed E-state index contributed by atoms with van der Waals surface area (Å²) in [5.74, 6) is 0. The van der Waals surface area contributed by atoms with Crippen LogP contribution in [0.1, 0.15) is 11.1 Å². The summed E-state index contributed by atoms with van der Waals surface area (Å²) in [6, 6.07) is 18.9. The van der Waals surface area contributed by atoms with Gasteiger partial charge in [-0.05, 0) is 17.5 Å². The van der Waals surface area contributed by atoms with Crippen LogP contribution in [-0.4, -0.2) is 4.98 Å². The highest BCUT2D eigenvalue weighted by atomic mass is 16.4. The number of oxazole rings is 1. The number of aromatic nitrogens is 1. The Kier molecular flexibility index (Phi) is 3.02. The van der Waals surface area contributed by atoms with Crippen LogP contribution in [0, 0.1) is 0 Å². The summed E-state index contributed by atoms with van der Waals surface area (Å²) in [6.45, 7) is 0. The molecule has 0 amide bonds. The topological polar surface area (TPSA) is 52.0 Å². The fourth-order valence-corrected chi connectivity index (χ4v) is 2.05. The summed E-state index contributed by atoms with van der Waals surface area (Å²) >= 11 is 0. The van der Waals surface area contributed by atoms with Crippen LogP contribution in [0.3, 0.4) is 0 Å². The van der Waals surface area contributed by atoms with Gasteiger partial charge in [0.05, 0.1) is 0 Å². The van der Waals surface area contributed by atoms with E-state index in [0.29, 0.717) is 0 Å². The Bertz CT molecular complexity index is 657. The van der Waals surface area contributed by atoms with E-state index in [1.54, 1.807) is 6.26 Å². The molecule has 0 bridgehead atoms. The first kappa shape index (κ1) is 11.5. The van der Waals surface area contributed by atoms with Gasteiger partial charge in [0.1, 0.15) is 12.0 Å². The van der Waals surface area contributed by atoms with Crippen molar-refractivity contribution in [3.8, 4) is 11.3 Å². The fourth-order valence-electron chi connectivity index (χ4n) is 2.05. The molecule has 0 spiro atoms. The van der Waals surface area contributed by atoms with Gasteiger partial charge in [0, 0.05) is 5.56 Å². The molecule has 3 aromatic rings. The second-order valence-corrected chi connectivity index (χ2v) is 4.43. The third-order valence-electron chi connectivity index (χ3n) is 3.02. The van der Waals surface area contributed by atoms with Crippen LogP contribution >= 0.6 is 0 Å². The normalized spacial score (nSPS) is 10.5. The largest absolute Gasteiger partial charge is 0.432 e. The Labute approximate surface area is 111 Å². The van der Waals surface area contributed by atoms with E-state index in [9.17, 15) is 0 Å². The summed E-state index contributed by atoms with van der Waals surface area (Å²) in [7, 11) is 0. The number of anilines is 1. The lowest BCUT2D eigenvalue weighted by atomic mass is 10.0. The molecule has 3 heteroatoms. The Morgan fingerprint density at radius 2 is 1.58 bits per heavy atom. The van der Waals surface area contributed by atoms with Crippen molar-refractivity contribution >= 4 is 6.01 Å². The second-order valence-electron chi connectivity index (χ2n) is 4.43. The minimum Gasteiger partial charge on any atom is -0.432 e. The number of hydrogen-bond donors (Lipinski definition) is 1. The van der Waals surface area contributed by atoms with Crippen molar-refractivity contribution in [2.24, 2.45) is 0 Å². The molecule has 0 saturated heterocycles. The van der Waals surface area contributed by atoms with Crippen LogP contribution in [0.15, 0.2) is 65.3 Å². The predicted octanol–water partition coefficient (Wildman–Crippen LogP) is 3.51. The molecular formula is C16H14N2O. The molecule has 3 rings (SSSR count). The highest BCUT2D eigenvalue weighted by Gasteiger charge is 2.03. The first-order chi connectivity index (χ1) is 9.31. The lowest BCUT2D eigenvalue weighted by Gasteiger charge is -2.02. The average Bonchev–Trinajstić information content (AvgIpc) is 2.87. The third kappa shape index (κ3) is 2.65. The molecule has 0 aliphatic carbocycles. The lowest BCUT2D eigenvalue weighted by molar-refractivity contribution is 0.581. The van der Waals surface area contributed by atoms with E-state index >= 15 is 0 Å². The van der Waals surface area contributed by atoms with E-state index in [-0.39, 0.29) is 6.01 Å². The quantitative estimate of drug-likeness (QED) is 0.773. The molecule has 0 fully saturated rings. The van der Waals surface area contributed by atoms with Crippen LogP contribution in [0.4, 0.5) is 6.01 Å². The molecule has 1 aromatic heterocycles. The zero-order valence-corrected chi connectivity index (χ0v) is 10.4. The maximum absolute atomic E-state index is 5.47. The molecule has 0 atom stereocenters. The summed E-state index contributed by atoms with van der Waals surface area (Å²) < 4.78 is 5.01. The van der Waals surface area contributed by atoms with Gasteiger partial charge < -0.3 is 10.2 Å². The minimum atomic E-state index is 0.198. The van der Waals surface area contributed by atoms with Gasteiger partial charge in [-0.2, -0.15) is 4.98 Å². The van der Waals surface area contributed by atoms with Crippen molar-refractivity contribution in [3.05, 3.63) is 72.0 Å². The first-order valence-corrected chi connectivity index (χ1v) is 6.15. The molecule has 1 heterocycles. The number of benzene rings is 2. The van der Waals surface area contributed by atoms with Crippen molar-refractivity contribution < 1.29 is 4.42 Å². The average molecular weight is 250 g/mol. The Hall–Kier alpha value is -2.55. The number of nitrogens with two attached hydrogens (primary N) is 1. The van der Waals surface area contributed by atoms with Crippen LogP contribution in [0.2, 0.25) is 0 Å². The van der Waals surface area contributed by atoms with E-state index in [2.05, 4.69) is 41.4 Å². The molecule has 0 saturated carbocycles. The van der Waals surface area contributed by atoms with E-state index in [1.807, 2.05) is 18.2 Å². The number of nitrogen functional groups attached to an aromatic ring is 1. The van der Waals surface area contributed by atoms with Gasteiger partial charge >= 0.3 is 0 Å². The second kappa shape index (κ2) is 4.98. The molecule has 0 radical (unpaired) electrons. The highest BCUT2D eigenvalue weighted by molar-refractivity contribution is 5.59. The molecular weight excluding hydrogens is 236 g/mol. The Morgan fingerprint density at radius 3 is 2.21 bits per heavy atom. The number of hydrogen-bond acceptors (Lipinski definition) is 3. The van der Waals surface area contributed by atoms with Gasteiger partial charge in [0.25, 0.3) is 6.01 Å². The van der Waals surface area contributed by atoms with Gasteiger partial charge in [-0.3, -0.25) is 0 Å². The minimum absolute atomic E-state index is 0.198. The van der Waals surface area contributed by atoms with Crippen LogP contribution < -0.4 is 5.73 Å². The van der Waals surface area contributed by atoms with Crippen molar-refractivity contribution in [1.82, 2.24) is 4.98 Å². The number of rotatable bonds is 3. The zero-order valence-electron chi connectivity index (χ0n) is 10.4.